The van der Waals surface area contributed by atoms with E-state index in [1.54, 1.807) is 36.9 Å². The molecule has 6 heteroatoms. The van der Waals surface area contributed by atoms with Crippen LogP contribution in [0, 0.1) is 0 Å². The number of ether oxygens (including phenoxy) is 2. The van der Waals surface area contributed by atoms with Crippen molar-refractivity contribution in [2.24, 2.45) is 0 Å². The minimum atomic E-state index is 0.718. The lowest BCUT2D eigenvalue weighted by molar-refractivity contribution is 0.418. The highest BCUT2D eigenvalue weighted by molar-refractivity contribution is 7.13. The van der Waals surface area contributed by atoms with Gasteiger partial charge < -0.3 is 9.47 Å². The van der Waals surface area contributed by atoms with E-state index in [4.69, 9.17) is 19.4 Å². The highest BCUT2D eigenvalue weighted by Gasteiger charge is 2.15. The number of methoxy groups -OCH3 is 2. The number of fused-ring (bicyclic) bond motifs is 2. The van der Waals surface area contributed by atoms with E-state index in [-0.39, 0.29) is 0 Å². The van der Waals surface area contributed by atoms with Gasteiger partial charge in [0, 0.05) is 9.75 Å². The second kappa shape index (κ2) is 6.89. The lowest BCUT2D eigenvalue weighted by Gasteiger charge is -2.11. The van der Waals surface area contributed by atoms with Crippen LogP contribution in [0.4, 0.5) is 0 Å². The van der Waals surface area contributed by atoms with E-state index in [2.05, 4.69) is 35.0 Å². The number of benzene rings is 2. The first-order chi connectivity index (χ1) is 13.8. The molecule has 5 aromatic rings. The van der Waals surface area contributed by atoms with E-state index in [0.29, 0.717) is 0 Å². The summed E-state index contributed by atoms with van der Waals surface area (Å²) in [5.41, 5.74) is 5.22. The summed E-state index contributed by atoms with van der Waals surface area (Å²) in [5, 5.41) is 4.13. The van der Waals surface area contributed by atoms with Crippen molar-refractivity contribution in [3.05, 3.63) is 59.3 Å². The van der Waals surface area contributed by atoms with Crippen LogP contribution in [0.5, 0.6) is 11.5 Å². The van der Waals surface area contributed by atoms with Gasteiger partial charge in [0.1, 0.15) is 22.5 Å². The number of hydrogen-bond acceptors (Lipinski definition) is 6. The van der Waals surface area contributed by atoms with Gasteiger partial charge in [-0.15, -0.1) is 22.7 Å². The first-order valence-corrected chi connectivity index (χ1v) is 10.5. The average Bonchev–Trinajstić information content (AvgIpc) is 3.45. The lowest BCUT2D eigenvalue weighted by Crippen LogP contribution is -1.95. The van der Waals surface area contributed by atoms with Crippen molar-refractivity contribution < 1.29 is 9.47 Å². The Balaban J connectivity index is 1.80. The molecule has 0 atom stereocenters. The molecule has 4 nitrogen and oxygen atoms in total. The van der Waals surface area contributed by atoms with Gasteiger partial charge in [0.15, 0.2) is 0 Å². The van der Waals surface area contributed by atoms with Gasteiger partial charge in [0.2, 0.25) is 0 Å². The van der Waals surface area contributed by atoms with Crippen LogP contribution in [-0.2, 0) is 0 Å². The van der Waals surface area contributed by atoms with E-state index in [9.17, 15) is 0 Å². The molecule has 28 heavy (non-hydrogen) atoms. The number of hydrogen-bond donors (Lipinski definition) is 0. The maximum Gasteiger partial charge on any atom is 0.147 e. The molecule has 0 unspecified atom stereocenters. The molecule has 0 aliphatic carbocycles. The molecule has 0 saturated carbocycles. The number of rotatable bonds is 4. The Labute approximate surface area is 170 Å². The van der Waals surface area contributed by atoms with Crippen molar-refractivity contribution in [3.63, 3.8) is 0 Å². The second-order valence-corrected chi connectivity index (χ2v) is 8.17. The van der Waals surface area contributed by atoms with Crippen molar-refractivity contribution in [2.75, 3.05) is 14.2 Å². The summed E-state index contributed by atoms with van der Waals surface area (Å²) in [6, 6.07) is 16.4. The van der Waals surface area contributed by atoms with Crippen LogP contribution in [0.1, 0.15) is 0 Å². The van der Waals surface area contributed by atoms with Gasteiger partial charge >= 0.3 is 0 Å². The fraction of sp³-hybridized carbons (Fsp3) is 0.0909. The Morgan fingerprint density at radius 2 is 1.14 bits per heavy atom. The number of nitrogens with zero attached hydrogens (tertiary/aromatic N) is 2. The third-order valence-electron chi connectivity index (χ3n) is 4.63. The lowest BCUT2D eigenvalue weighted by atomic mass is 10.1. The summed E-state index contributed by atoms with van der Waals surface area (Å²) in [7, 11) is 3.34. The standard InChI is InChI=1S/C22H16N2O2S2/c1-25-17-11-13(19-5-3-7-27-19)9-15-21(17)23-16-10-14(20-6-4-8-28-20)12-18(26-2)22(16)24-15/h3-12H,1-2H3. The molecule has 5 rings (SSSR count). The maximum atomic E-state index is 5.65. The zero-order valence-electron chi connectivity index (χ0n) is 15.3. The Morgan fingerprint density at radius 3 is 1.50 bits per heavy atom. The SMILES string of the molecule is COc1cc(-c2cccs2)cc2nc3c(OC)cc(-c4cccs4)cc3nc12. The molecule has 2 aromatic carbocycles. The van der Waals surface area contributed by atoms with E-state index < -0.39 is 0 Å². The zero-order chi connectivity index (χ0) is 19.1. The second-order valence-electron chi connectivity index (χ2n) is 6.27. The maximum absolute atomic E-state index is 5.65. The zero-order valence-corrected chi connectivity index (χ0v) is 16.9. The molecule has 0 radical (unpaired) electrons. The fourth-order valence-corrected chi connectivity index (χ4v) is 4.73. The van der Waals surface area contributed by atoms with Crippen molar-refractivity contribution in [1.82, 2.24) is 9.97 Å². The van der Waals surface area contributed by atoms with Crippen LogP contribution >= 0.6 is 22.7 Å². The Bertz CT molecular complexity index is 1180. The summed E-state index contributed by atoms with van der Waals surface area (Å²) in [6.45, 7) is 0. The number of thiophene rings is 2. The molecule has 138 valence electrons. The fourth-order valence-electron chi connectivity index (χ4n) is 3.30. The first kappa shape index (κ1) is 17.2. The van der Waals surface area contributed by atoms with Crippen LogP contribution in [0.15, 0.2) is 59.3 Å². The summed E-state index contributed by atoms with van der Waals surface area (Å²) < 4.78 is 11.3. The van der Waals surface area contributed by atoms with Gasteiger partial charge in [-0.2, -0.15) is 0 Å². The van der Waals surface area contributed by atoms with E-state index in [1.165, 1.54) is 9.75 Å². The van der Waals surface area contributed by atoms with E-state index in [1.807, 2.05) is 24.3 Å². The summed E-state index contributed by atoms with van der Waals surface area (Å²) in [4.78, 5) is 12.1. The van der Waals surface area contributed by atoms with E-state index in [0.717, 1.165) is 44.7 Å². The summed E-state index contributed by atoms with van der Waals surface area (Å²) >= 11 is 3.38. The van der Waals surface area contributed by atoms with Crippen molar-refractivity contribution in [3.8, 4) is 32.4 Å². The largest absolute Gasteiger partial charge is 0.494 e. The summed E-state index contributed by atoms with van der Waals surface area (Å²) in [5.74, 6) is 1.44. The van der Waals surface area contributed by atoms with Crippen LogP contribution in [0.2, 0.25) is 0 Å². The molecule has 3 heterocycles. The monoisotopic (exact) mass is 404 g/mol. The van der Waals surface area contributed by atoms with Gasteiger partial charge in [0.05, 0.1) is 25.3 Å². The highest BCUT2D eigenvalue weighted by atomic mass is 32.1. The molecule has 0 amide bonds. The molecule has 0 fully saturated rings. The van der Waals surface area contributed by atoms with Crippen molar-refractivity contribution in [2.45, 2.75) is 0 Å². The Hall–Kier alpha value is -2.96. The summed E-state index contributed by atoms with van der Waals surface area (Å²) in [6.07, 6.45) is 0. The molecule has 0 bridgehead atoms. The molecule has 0 aliphatic heterocycles. The van der Waals surface area contributed by atoms with Crippen LogP contribution in [0.3, 0.4) is 0 Å². The normalized spacial score (nSPS) is 11.2. The van der Waals surface area contributed by atoms with Gasteiger partial charge in [-0.3, -0.25) is 0 Å². The predicted molar refractivity (Wildman–Crippen MR) is 117 cm³/mol. The Kier molecular flexibility index (Phi) is 4.22. The molecule has 0 spiro atoms. The molecule has 0 aliphatic rings. The first-order valence-electron chi connectivity index (χ1n) is 8.72. The van der Waals surface area contributed by atoms with Gasteiger partial charge in [-0.05, 0) is 58.3 Å². The van der Waals surface area contributed by atoms with Gasteiger partial charge in [0.25, 0.3) is 0 Å². The van der Waals surface area contributed by atoms with Crippen LogP contribution in [0.25, 0.3) is 42.9 Å². The third kappa shape index (κ3) is 2.82. The Morgan fingerprint density at radius 1 is 0.679 bits per heavy atom. The van der Waals surface area contributed by atoms with E-state index >= 15 is 0 Å². The van der Waals surface area contributed by atoms with Gasteiger partial charge in [-0.25, -0.2) is 9.97 Å². The van der Waals surface area contributed by atoms with Gasteiger partial charge in [-0.1, -0.05) is 12.1 Å². The smallest absolute Gasteiger partial charge is 0.147 e. The molecule has 0 saturated heterocycles. The number of aromatic nitrogens is 2. The third-order valence-corrected chi connectivity index (χ3v) is 6.46. The average molecular weight is 405 g/mol. The van der Waals surface area contributed by atoms with Crippen molar-refractivity contribution in [1.29, 1.82) is 0 Å². The minimum absolute atomic E-state index is 0.718. The molecular formula is C22H16N2O2S2. The molecule has 0 N–H and O–H groups in total. The topological polar surface area (TPSA) is 44.2 Å². The molecular weight excluding hydrogens is 388 g/mol. The highest BCUT2D eigenvalue weighted by Crippen LogP contribution is 2.37. The molecule has 3 aromatic heterocycles. The van der Waals surface area contributed by atoms with Crippen molar-refractivity contribution >= 4 is 44.7 Å². The quantitative estimate of drug-likeness (QED) is 0.332. The minimum Gasteiger partial charge on any atom is -0.494 e. The predicted octanol–water partition coefficient (Wildman–Crippen LogP) is 6.26. The van der Waals surface area contributed by atoms with Crippen LogP contribution < -0.4 is 9.47 Å². The van der Waals surface area contributed by atoms with Crippen LogP contribution in [-0.4, -0.2) is 24.2 Å².